The Kier molecular flexibility index (Phi) is 9.63. The number of aliphatic hydroxyl groups excluding tert-OH is 1. The Labute approximate surface area is 202 Å². The number of halogens is 1. The number of aryl methyl sites for hydroxylation is 3. The molecule has 2 aromatic carbocycles. The number of aliphatic carboxylic acids is 1. The van der Waals surface area contributed by atoms with Gasteiger partial charge >= 0.3 is 5.97 Å². The first-order valence-electron chi connectivity index (χ1n) is 12.4. The highest BCUT2D eigenvalue weighted by Crippen LogP contribution is 2.28. The van der Waals surface area contributed by atoms with Crippen molar-refractivity contribution in [3.05, 3.63) is 70.0 Å². The summed E-state index contributed by atoms with van der Waals surface area (Å²) in [5.74, 6) is -0.981. The molecule has 1 aliphatic rings. The van der Waals surface area contributed by atoms with Gasteiger partial charge in [-0.1, -0.05) is 42.8 Å². The maximum absolute atomic E-state index is 13.9. The largest absolute Gasteiger partial charge is 0.481 e. The van der Waals surface area contributed by atoms with Gasteiger partial charge in [0.25, 0.3) is 0 Å². The number of hydrogen-bond acceptors (Lipinski definition) is 4. The highest BCUT2D eigenvalue weighted by molar-refractivity contribution is 5.67. The van der Waals surface area contributed by atoms with E-state index in [2.05, 4.69) is 4.90 Å². The van der Waals surface area contributed by atoms with Crippen LogP contribution in [0.5, 0.6) is 0 Å². The normalized spacial score (nSPS) is 18.2. The summed E-state index contributed by atoms with van der Waals surface area (Å²) in [4.78, 5) is 13.4. The van der Waals surface area contributed by atoms with Crippen molar-refractivity contribution in [2.75, 3.05) is 19.7 Å². The van der Waals surface area contributed by atoms with Gasteiger partial charge in [-0.25, -0.2) is 4.39 Å². The smallest absolute Gasteiger partial charge is 0.303 e. The first-order chi connectivity index (χ1) is 16.3. The monoisotopic (exact) mass is 471 g/mol. The molecule has 0 radical (unpaired) electrons. The van der Waals surface area contributed by atoms with Crippen LogP contribution in [0.4, 0.5) is 4.39 Å². The fourth-order valence-corrected chi connectivity index (χ4v) is 4.89. The summed E-state index contributed by atoms with van der Waals surface area (Å²) in [6.45, 7) is 7.46. The molecule has 0 saturated carbocycles. The van der Waals surface area contributed by atoms with E-state index in [1.807, 2.05) is 44.2 Å². The van der Waals surface area contributed by atoms with Crippen molar-refractivity contribution in [3.63, 3.8) is 0 Å². The summed E-state index contributed by atoms with van der Waals surface area (Å²) < 4.78 is 20.1. The molecule has 0 bridgehead atoms. The summed E-state index contributed by atoms with van der Waals surface area (Å²) in [5.41, 5.74) is 4.73. The second-order valence-corrected chi connectivity index (χ2v) is 9.56. The maximum atomic E-state index is 13.9. The Bertz CT molecular complexity index is 963. The van der Waals surface area contributed by atoms with E-state index in [4.69, 9.17) is 9.84 Å². The lowest BCUT2D eigenvalue weighted by molar-refractivity contribution is -0.136. The van der Waals surface area contributed by atoms with Gasteiger partial charge in [0, 0.05) is 19.0 Å². The van der Waals surface area contributed by atoms with Gasteiger partial charge in [0.05, 0.1) is 18.8 Å². The molecule has 0 aliphatic carbocycles. The molecule has 186 valence electrons. The zero-order chi connectivity index (χ0) is 24.7. The second-order valence-electron chi connectivity index (χ2n) is 9.56. The third-order valence-electron chi connectivity index (χ3n) is 6.77. The molecule has 0 aromatic heterocycles. The topological polar surface area (TPSA) is 70.0 Å². The van der Waals surface area contributed by atoms with E-state index in [0.717, 1.165) is 54.5 Å². The van der Waals surface area contributed by atoms with Crippen LogP contribution in [-0.2, 0) is 22.4 Å². The molecule has 0 unspecified atom stereocenters. The van der Waals surface area contributed by atoms with Crippen LogP contribution in [0.1, 0.15) is 66.5 Å². The molecule has 1 heterocycles. The lowest BCUT2D eigenvalue weighted by Crippen LogP contribution is -2.39. The van der Waals surface area contributed by atoms with Gasteiger partial charge in [-0.15, -0.1) is 0 Å². The van der Waals surface area contributed by atoms with Gasteiger partial charge < -0.3 is 14.9 Å². The summed E-state index contributed by atoms with van der Waals surface area (Å²) in [5, 5.41) is 19.8. The molecule has 0 spiro atoms. The molecular weight excluding hydrogens is 433 g/mol. The van der Waals surface area contributed by atoms with Gasteiger partial charge in [-0.3, -0.25) is 9.69 Å². The molecule has 34 heavy (non-hydrogen) atoms. The highest BCUT2D eigenvalue weighted by Gasteiger charge is 2.27. The highest BCUT2D eigenvalue weighted by atomic mass is 19.1. The fourth-order valence-electron chi connectivity index (χ4n) is 4.89. The predicted octanol–water partition coefficient (Wildman–Crippen LogP) is 5.00. The van der Waals surface area contributed by atoms with Crippen LogP contribution in [0.2, 0.25) is 0 Å². The van der Waals surface area contributed by atoms with Gasteiger partial charge in [-0.05, 0) is 80.8 Å². The predicted molar refractivity (Wildman–Crippen MR) is 132 cm³/mol. The Morgan fingerprint density at radius 3 is 2.74 bits per heavy atom. The van der Waals surface area contributed by atoms with Crippen molar-refractivity contribution in [3.8, 4) is 0 Å². The minimum Gasteiger partial charge on any atom is -0.481 e. The molecule has 1 saturated heterocycles. The number of β-amino-alcohol motifs (C(OH)–C–C–N with tert-alkyl or cyclic N) is 1. The number of aliphatic hydroxyl groups is 1. The van der Waals surface area contributed by atoms with Crippen LogP contribution >= 0.6 is 0 Å². The van der Waals surface area contributed by atoms with Crippen molar-refractivity contribution in [1.82, 2.24) is 4.90 Å². The lowest BCUT2D eigenvalue weighted by Gasteiger charge is -2.28. The third kappa shape index (κ3) is 7.36. The first-order valence-corrected chi connectivity index (χ1v) is 12.4. The lowest BCUT2D eigenvalue weighted by atomic mass is 9.95. The summed E-state index contributed by atoms with van der Waals surface area (Å²) in [7, 11) is 0. The number of carbonyl (C=O) groups is 1. The Hall–Kier alpha value is -2.28. The summed E-state index contributed by atoms with van der Waals surface area (Å²) in [6.07, 6.45) is 3.35. The van der Waals surface area contributed by atoms with Crippen molar-refractivity contribution >= 4 is 5.97 Å². The number of ether oxygens (including phenoxy) is 1. The standard InChI is InChI=1S/C28H38FNO4/c1-4-27(25-11-7-19(2)14-22(25)10-12-28(32)33)34-18-24(31)17-30-13-5-6-23(30)15-21-9-8-20(3)26(29)16-21/h7-9,11,14,16,23-24,27,31H,4-6,10,12-13,15,17-18H2,1-3H3,(H,32,33)/t23-,24+,27+/m0/s1. The number of rotatable bonds is 12. The molecule has 3 atom stereocenters. The number of carboxylic acids is 1. The van der Waals surface area contributed by atoms with E-state index in [-0.39, 0.29) is 24.9 Å². The van der Waals surface area contributed by atoms with Gasteiger partial charge in [0.2, 0.25) is 0 Å². The molecule has 6 heteroatoms. The molecule has 2 N–H and O–H groups in total. The average Bonchev–Trinajstić information content (AvgIpc) is 3.22. The van der Waals surface area contributed by atoms with Crippen LogP contribution in [0.15, 0.2) is 36.4 Å². The summed E-state index contributed by atoms with van der Waals surface area (Å²) in [6, 6.07) is 11.8. The van der Waals surface area contributed by atoms with E-state index in [1.165, 1.54) is 0 Å². The number of nitrogens with zero attached hydrogens (tertiary/aromatic N) is 1. The van der Waals surface area contributed by atoms with Crippen molar-refractivity contribution in [2.24, 2.45) is 0 Å². The maximum Gasteiger partial charge on any atom is 0.303 e. The van der Waals surface area contributed by atoms with Crippen molar-refractivity contribution in [1.29, 1.82) is 0 Å². The Morgan fingerprint density at radius 2 is 2.03 bits per heavy atom. The van der Waals surface area contributed by atoms with E-state index in [1.54, 1.807) is 13.0 Å². The van der Waals surface area contributed by atoms with Crippen molar-refractivity contribution in [2.45, 2.75) is 77.5 Å². The van der Waals surface area contributed by atoms with Gasteiger partial charge in [0.15, 0.2) is 0 Å². The molecule has 3 rings (SSSR count). The minimum atomic E-state index is -0.814. The number of hydrogen-bond donors (Lipinski definition) is 2. The molecule has 5 nitrogen and oxygen atoms in total. The van der Waals surface area contributed by atoms with Crippen LogP contribution in [0, 0.1) is 19.7 Å². The molecule has 1 aliphatic heterocycles. The van der Waals surface area contributed by atoms with Crippen LogP contribution in [0.3, 0.4) is 0 Å². The Morgan fingerprint density at radius 1 is 1.24 bits per heavy atom. The number of likely N-dealkylation sites (tertiary alicyclic amines) is 1. The molecule has 1 fully saturated rings. The van der Waals surface area contributed by atoms with Crippen LogP contribution in [0.25, 0.3) is 0 Å². The zero-order valence-electron chi connectivity index (χ0n) is 20.6. The van der Waals surface area contributed by atoms with Gasteiger partial charge in [-0.2, -0.15) is 0 Å². The Balaban J connectivity index is 1.57. The zero-order valence-corrected chi connectivity index (χ0v) is 20.6. The van der Waals surface area contributed by atoms with Crippen LogP contribution < -0.4 is 0 Å². The third-order valence-corrected chi connectivity index (χ3v) is 6.77. The van der Waals surface area contributed by atoms with E-state index >= 15 is 0 Å². The van der Waals surface area contributed by atoms with E-state index < -0.39 is 12.1 Å². The summed E-state index contributed by atoms with van der Waals surface area (Å²) >= 11 is 0. The van der Waals surface area contributed by atoms with E-state index in [9.17, 15) is 14.3 Å². The first kappa shape index (κ1) is 26.3. The fraction of sp³-hybridized carbons (Fsp3) is 0.536. The minimum absolute atomic E-state index is 0.0801. The average molecular weight is 472 g/mol. The number of carboxylic acid groups (broad SMARTS) is 1. The van der Waals surface area contributed by atoms with E-state index in [0.29, 0.717) is 24.6 Å². The van der Waals surface area contributed by atoms with Crippen LogP contribution in [-0.4, -0.2) is 52.9 Å². The second kappa shape index (κ2) is 12.4. The molecular formula is C28H38FNO4. The molecule has 0 amide bonds. The van der Waals surface area contributed by atoms with Crippen molar-refractivity contribution < 1.29 is 24.1 Å². The van der Waals surface area contributed by atoms with Gasteiger partial charge in [0.1, 0.15) is 5.82 Å². The number of benzene rings is 2. The quantitative estimate of drug-likeness (QED) is 0.456. The SMILES string of the molecule is CC[C@@H](OC[C@H](O)CN1CCC[C@H]1Cc1ccc(C)c(F)c1)c1ccc(C)cc1CCC(=O)O. The molecule has 2 aromatic rings.